The van der Waals surface area contributed by atoms with E-state index in [1.807, 2.05) is 56.3 Å². The summed E-state index contributed by atoms with van der Waals surface area (Å²) in [5.74, 6) is 4.43. The quantitative estimate of drug-likeness (QED) is 0.281. The number of hydrogen-bond acceptors (Lipinski definition) is 3. The Morgan fingerprint density at radius 2 is 1.68 bits per heavy atom. The first-order valence-corrected chi connectivity index (χ1v) is 11.9. The second-order valence-corrected chi connectivity index (χ2v) is 9.59. The Morgan fingerprint density at radius 1 is 1.00 bits per heavy atom. The van der Waals surface area contributed by atoms with Gasteiger partial charge >= 0.3 is 6.36 Å². The summed E-state index contributed by atoms with van der Waals surface area (Å²) in [5, 5.41) is 13.8. The number of aliphatic hydroxyl groups excluding tert-OH is 1. The number of carbonyl (C=O) groups excluding carboxylic acids is 1. The summed E-state index contributed by atoms with van der Waals surface area (Å²) in [6, 6.07) is 17.1. The number of aromatic amines is 1. The standard InChI is InChI=1S/C30H27F3N2O3/c1-19-12-20(2)14-22(13-19)9-8-21-10-11-27(38-30(31,32)33)25(15-21)28(37)35-29(3,18-36)16-23-17-34-26-7-5-4-6-24(23)26/h4-7,10-15,17,34,36H,16,18H2,1-3H3,(H,35,37). The molecule has 0 radical (unpaired) electrons. The molecule has 1 aromatic heterocycles. The Bertz CT molecular complexity index is 1530. The summed E-state index contributed by atoms with van der Waals surface area (Å²) >= 11 is 0. The Kier molecular flexibility index (Phi) is 7.51. The third kappa shape index (κ3) is 6.55. The molecule has 1 atom stereocenters. The van der Waals surface area contributed by atoms with Crippen molar-refractivity contribution in [1.82, 2.24) is 10.3 Å². The Labute approximate surface area is 218 Å². The monoisotopic (exact) mass is 520 g/mol. The molecule has 3 N–H and O–H groups in total. The van der Waals surface area contributed by atoms with E-state index in [4.69, 9.17) is 0 Å². The zero-order valence-corrected chi connectivity index (χ0v) is 21.2. The molecule has 4 aromatic rings. The lowest BCUT2D eigenvalue weighted by atomic mass is 9.92. The molecule has 0 aliphatic carbocycles. The van der Waals surface area contributed by atoms with E-state index in [0.29, 0.717) is 5.56 Å². The number of ether oxygens (including phenoxy) is 1. The van der Waals surface area contributed by atoms with Crippen molar-refractivity contribution >= 4 is 16.8 Å². The van der Waals surface area contributed by atoms with Gasteiger partial charge in [-0.05, 0) is 80.3 Å². The summed E-state index contributed by atoms with van der Waals surface area (Å²) in [6.45, 7) is 5.07. The van der Waals surface area contributed by atoms with Crippen LogP contribution in [0.15, 0.2) is 66.9 Å². The van der Waals surface area contributed by atoms with Crippen LogP contribution in [-0.4, -0.2) is 34.5 Å². The Balaban J connectivity index is 1.65. The summed E-state index contributed by atoms with van der Waals surface area (Å²) in [6.07, 6.45) is -2.97. The van der Waals surface area contributed by atoms with Crippen LogP contribution in [0.1, 0.15) is 45.1 Å². The van der Waals surface area contributed by atoms with Gasteiger partial charge < -0.3 is 20.1 Å². The average Bonchev–Trinajstić information content (AvgIpc) is 3.24. The lowest BCUT2D eigenvalue weighted by Gasteiger charge is -2.29. The number of hydrogen-bond donors (Lipinski definition) is 3. The van der Waals surface area contributed by atoms with E-state index in [2.05, 4.69) is 26.9 Å². The maximum absolute atomic E-state index is 13.3. The van der Waals surface area contributed by atoms with Crippen LogP contribution in [0.3, 0.4) is 0 Å². The molecule has 4 rings (SSSR count). The fourth-order valence-electron chi connectivity index (χ4n) is 4.37. The van der Waals surface area contributed by atoms with E-state index in [-0.39, 0.29) is 12.0 Å². The highest BCUT2D eigenvalue weighted by Crippen LogP contribution is 2.29. The Hall–Kier alpha value is -4.22. The smallest absolute Gasteiger partial charge is 0.405 e. The van der Waals surface area contributed by atoms with Gasteiger partial charge in [0.2, 0.25) is 0 Å². The van der Waals surface area contributed by atoms with Gasteiger partial charge in [-0.25, -0.2) is 0 Å². The topological polar surface area (TPSA) is 74.3 Å². The molecule has 0 saturated heterocycles. The van der Waals surface area contributed by atoms with E-state index in [1.54, 1.807) is 13.1 Å². The number of H-pyrrole nitrogens is 1. The van der Waals surface area contributed by atoms with Crippen molar-refractivity contribution in [2.75, 3.05) is 6.61 Å². The average molecular weight is 521 g/mol. The number of aromatic nitrogens is 1. The molecule has 0 saturated carbocycles. The van der Waals surface area contributed by atoms with Crippen LogP contribution < -0.4 is 10.1 Å². The van der Waals surface area contributed by atoms with Crippen molar-refractivity contribution in [3.05, 3.63) is 100 Å². The number of halogens is 3. The number of amides is 1. The van der Waals surface area contributed by atoms with Crippen molar-refractivity contribution in [3.8, 4) is 17.6 Å². The molecule has 3 aromatic carbocycles. The number of alkyl halides is 3. The summed E-state index contributed by atoms with van der Waals surface area (Å²) in [7, 11) is 0. The molecule has 1 heterocycles. The van der Waals surface area contributed by atoms with E-state index in [1.165, 1.54) is 12.1 Å². The van der Waals surface area contributed by atoms with Crippen LogP contribution in [0, 0.1) is 25.7 Å². The third-order valence-electron chi connectivity index (χ3n) is 6.04. The van der Waals surface area contributed by atoms with Gasteiger partial charge in [-0.3, -0.25) is 4.79 Å². The van der Waals surface area contributed by atoms with Crippen LogP contribution in [0.5, 0.6) is 5.75 Å². The number of rotatable bonds is 6. The van der Waals surface area contributed by atoms with Crippen molar-refractivity contribution in [2.45, 2.75) is 39.1 Å². The van der Waals surface area contributed by atoms with E-state index < -0.39 is 30.2 Å². The molecule has 0 fully saturated rings. The lowest BCUT2D eigenvalue weighted by Crippen LogP contribution is -2.50. The molecule has 1 amide bonds. The maximum atomic E-state index is 13.3. The van der Waals surface area contributed by atoms with Crippen LogP contribution >= 0.6 is 0 Å². The summed E-state index contributed by atoms with van der Waals surface area (Å²) in [4.78, 5) is 16.5. The first-order valence-electron chi connectivity index (χ1n) is 11.9. The second kappa shape index (κ2) is 10.6. The van der Waals surface area contributed by atoms with Crippen LogP contribution in [0.25, 0.3) is 10.9 Å². The largest absolute Gasteiger partial charge is 0.573 e. The number of fused-ring (bicyclic) bond motifs is 1. The minimum atomic E-state index is -4.99. The molecular weight excluding hydrogens is 493 g/mol. The van der Waals surface area contributed by atoms with E-state index in [9.17, 15) is 23.1 Å². The van der Waals surface area contributed by atoms with Crippen molar-refractivity contribution in [2.24, 2.45) is 0 Å². The fourth-order valence-corrected chi connectivity index (χ4v) is 4.37. The van der Waals surface area contributed by atoms with Gasteiger partial charge in [0.1, 0.15) is 5.75 Å². The lowest BCUT2D eigenvalue weighted by molar-refractivity contribution is -0.274. The summed E-state index contributed by atoms with van der Waals surface area (Å²) in [5.41, 5.74) is 3.37. The molecule has 0 aliphatic rings. The fraction of sp³-hybridized carbons (Fsp3) is 0.233. The minimum absolute atomic E-state index is 0.237. The van der Waals surface area contributed by atoms with Gasteiger partial charge in [0.25, 0.3) is 5.91 Å². The predicted molar refractivity (Wildman–Crippen MR) is 140 cm³/mol. The van der Waals surface area contributed by atoms with Crippen molar-refractivity contribution in [1.29, 1.82) is 0 Å². The number of carbonyl (C=O) groups is 1. The zero-order chi connectivity index (χ0) is 27.5. The molecule has 0 bridgehead atoms. The van der Waals surface area contributed by atoms with E-state index >= 15 is 0 Å². The highest BCUT2D eigenvalue weighted by molar-refractivity contribution is 5.98. The second-order valence-electron chi connectivity index (χ2n) is 9.59. The molecule has 8 heteroatoms. The van der Waals surface area contributed by atoms with Gasteiger partial charge in [0.15, 0.2) is 0 Å². The number of benzene rings is 3. The first-order chi connectivity index (χ1) is 17.9. The molecular formula is C30H27F3N2O3. The molecule has 0 spiro atoms. The molecule has 1 unspecified atom stereocenters. The third-order valence-corrected chi connectivity index (χ3v) is 6.04. The first kappa shape index (κ1) is 26.8. The molecule has 0 aliphatic heterocycles. The van der Waals surface area contributed by atoms with Crippen LogP contribution in [0.2, 0.25) is 0 Å². The van der Waals surface area contributed by atoms with Gasteiger partial charge in [-0.2, -0.15) is 0 Å². The number of aryl methyl sites for hydroxylation is 2. The van der Waals surface area contributed by atoms with Gasteiger partial charge in [0.05, 0.1) is 17.7 Å². The van der Waals surface area contributed by atoms with Crippen LogP contribution in [-0.2, 0) is 6.42 Å². The van der Waals surface area contributed by atoms with E-state index in [0.717, 1.165) is 39.2 Å². The van der Waals surface area contributed by atoms with Crippen LogP contribution in [0.4, 0.5) is 13.2 Å². The van der Waals surface area contributed by atoms with Gasteiger partial charge in [0, 0.05) is 28.2 Å². The van der Waals surface area contributed by atoms with Gasteiger partial charge in [-0.1, -0.05) is 36.1 Å². The predicted octanol–water partition coefficient (Wildman–Crippen LogP) is 5.81. The highest BCUT2D eigenvalue weighted by Gasteiger charge is 2.34. The van der Waals surface area contributed by atoms with Crippen molar-refractivity contribution < 1.29 is 27.8 Å². The number of para-hydroxylation sites is 1. The van der Waals surface area contributed by atoms with Gasteiger partial charge in [-0.15, -0.1) is 13.2 Å². The highest BCUT2D eigenvalue weighted by atomic mass is 19.4. The van der Waals surface area contributed by atoms with Crippen molar-refractivity contribution in [3.63, 3.8) is 0 Å². The number of aliphatic hydroxyl groups is 1. The summed E-state index contributed by atoms with van der Waals surface area (Å²) < 4.78 is 43.5. The maximum Gasteiger partial charge on any atom is 0.573 e. The minimum Gasteiger partial charge on any atom is -0.405 e. The zero-order valence-electron chi connectivity index (χ0n) is 21.2. The normalized spacial score (nSPS) is 12.9. The molecule has 38 heavy (non-hydrogen) atoms. The SMILES string of the molecule is Cc1cc(C)cc(C#Cc2ccc(OC(F)(F)F)c(C(=O)NC(C)(CO)Cc3c[nH]c4ccccc34)c2)c1. The molecule has 5 nitrogen and oxygen atoms in total. The Morgan fingerprint density at radius 3 is 2.37 bits per heavy atom. The number of nitrogens with one attached hydrogen (secondary N) is 2. The molecule has 196 valence electrons.